The summed E-state index contributed by atoms with van der Waals surface area (Å²) < 4.78 is 13.1. The molecule has 1 N–H and O–H groups in total. The van der Waals surface area contributed by atoms with Crippen molar-refractivity contribution in [2.75, 3.05) is 14.2 Å². The zero-order valence-corrected chi connectivity index (χ0v) is 20.0. The highest BCUT2D eigenvalue weighted by Crippen LogP contribution is 2.40. The van der Waals surface area contributed by atoms with Crippen LogP contribution in [0.4, 0.5) is 0 Å². The number of amides is 2. The minimum absolute atomic E-state index is 0.113. The van der Waals surface area contributed by atoms with Crippen LogP contribution in [-0.2, 0) is 17.9 Å². The van der Waals surface area contributed by atoms with Crippen LogP contribution in [0.15, 0.2) is 48.5 Å². The number of nitrogens with one attached hydrogen (secondary N) is 1. The lowest BCUT2D eigenvalue weighted by molar-refractivity contribution is -0.133. The molecule has 0 bridgehead atoms. The highest BCUT2D eigenvalue weighted by molar-refractivity contribution is 6.05. The predicted molar refractivity (Wildman–Crippen MR) is 130 cm³/mol. The summed E-state index contributed by atoms with van der Waals surface area (Å²) in [4.78, 5) is 29.5. The van der Waals surface area contributed by atoms with Crippen molar-refractivity contribution in [3.63, 3.8) is 0 Å². The Labute approximate surface area is 199 Å². The number of fused-ring (bicyclic) bond motifs is 3. The Morgan fingerprint density at radius 2 is 1.74 bits per heavy atom. The normalized spacial score (nSPS) is 20.4. The monoisotopic (exact) mass is 461 g/mol. The molecule has 34 heavy (non-hydrogen) atoms. The molecule has 1 aromatic heterocycles. The first kappa shape index (κ1) is 22.3. The first-order chi connectivity index (χ1) is 16.5. The lowest BCUT2D eigenvalue weighted by Crippen LogP contribution is -2.64. The minimum atomic E-state index is -1.07. The first-order valence-corrected chi connectivity index (χ1v) is 11.9. The van der Waals surface area contributed by atoms with Gasteiger partial charge in [-0.2, -0.15) is 0 Å². The van der Waals surface area contributed by atoms with Crippen LogP contribution >= 0.6 is 0 Å². The fraction of sp³-hybridized carbons (Fsp3) is 0.407. The number of aromatic nitrogens is 1. The molecule has 178 valence electrons. The molecule has 2 heterocycles. The molecule has 0 spiro atoms. The van der Waals surface area contributed by atoms with Gasteiger partial charge >= 0.3 is 0 Å². The second kappa shape index (κ2) is 8.70. The summed E-state index contributed by atoms with van der Waals surface area (Å²) in [6, 6.07) is 15.5. The summed E-state index contributed by atoms with van der Waals surface area (Å²) in [5.74, 6) is 1.01. The van der Waals surface area contributed by atoms with E-state index in [1.165, 1.54) is 0 Å². The van der Waals surface area contributed by atoms with E-state index in [2.05, 4.69) is 5.32 Å². The van der Waals surface area contributed by atoms with Gasteiger partial charge in [0.2, 0.25) is 5.91 Å². The van der Waals surface area contributed by atoms with Crippen molar-refractivity contribution < 1.29 is 19.1 Å². The third-order valence-electron chi connectivity index (χ3n) is 7.31. The summed E-state index contributed by atoms with van der Waals surface area (Å²) >= 11 is 0. The molecule has 2 aromatic carbocycles. The second-order valence-electron chi connectivity index (χ2n) is 9.45. The average Bonchev–Trinajstić information content (AvgIpc) is 3.50. The quantitative estimate of drug-likeness (QED) is 0.599. The molecule has 0 unspecified atom stereocenters. The van der Waals surface area contributed by atoms with Gasteiger partial charge in [-0.15, -0.1) is 0 Å². The maximum absolute atomic E-state index is 14.0. The number of nitrogens with zero attached hydrogens (tertiary/aromatic N) is 2. The van der Waals surface area contributed by atoms with E-state index in [0.717, 1.165) is 42.1 Å². The van der Waals surface area contributed by atoms with Crippen LogP contribution in [0.1, 0.15) is 48.7 Å². The summed E-state index contributed by atoms with van der Waals surface area (Å²) in [6.07, 6.45) is 4.21. The molecule has 0 saturated heterocycles. The van der Waals surface area contributed by atoms with Crippen molar-refractivity contribution in [2.24, 2.45) is 0 Å². The predicted octanol–water partition coefficient (Wildman–Crippen LogP) is 4.13. The number of carbonyl (C=O) groups is 2. The van der Waals surface area contributed by atoms with E-state index in [4.69, 9.17) is 9.47 Å². The Bertz CT molecular complexity index is 1230. The Morgan fingerprint density at radius 1 is 1.06 bits per heavy atom. The Morgan fingerprint density at radius 3 is 2.41 bits per heavy atom. The number of hydrogen-bond acceptors (Lipinski definition) is 4. The van der Waals surface area contributed by atoms with Crippen molar-refractivity contribution in [1.29, 1.82) is 0 Å². The molecular weight excluding hydrogens is 430 g/mol. The van der Waals surface area contributed by atoms with Gasteiger partial charge in [0.15, 0.2) is 0 Å². The van der Waals surface area contributed by atoms with Gasteiger partial charge in [0.05, 0.1) is 26.3 Å². The summed E-state index contributed by atoms with van der Waals surface area (Å²) in [5.41, 5.74) is 1.21. The van der Waals surface area contributed by atoms with Crippen molar-refractivity contribution in [2.45, 2.75) is 57.3 Å². The minimum Gasteiger partial charge on any atom is -0.496 e. The van der Waals surface area contributed by atoms with Gasteiger partial charge in [0, 0.05) is 18.0 Å². The zero-order valence-electron chi connectivity index (χ0n) is 20.0. The highest BCUT2D eigenvalue weighted by atomic mass is 16.5. The molecule has 1 aliphatic heterocycles. The zero-order chi connectivity index (χ0) is 23.9. The SMILES string of the molecule is COc1ccc(OC)c2c1cc1n2C[C@@](C)(C(=O)NC2CCCC2)N(Cc2ccccc2)C1=O. The van der Waals surface area contributed by atoms with Crippen LogP contribution in [0.25, 0.3) is 10.9 Å². The standard InChI is InChI=1S/C27H31N3O4/c1-27(26(32)28-19-11-7-8-12-19)17-29-21(25(31)30(27)16-18-9-5-4-6-10-18)15-20-22(33-2)13-14-23(34-3)24(20)29/h4-6,9-10,13-15,19H,7-8,11-12,16-17H2,1-3H3,(H,28,32)/t27-/m0/s1. The first-order valence-electron chi connectivity index (χ1n) is 11.9. The Kier molecular flexibility index (Phi) is 5.71. The molecule has 5 rings (SSSR count). The van der Waals surface area contributed by atoms with Crippen LogP contribution in [0.2, 0.25) is 0 Å². The van der Waals surface area contributed by atoms with Crippen LogP contribution in [0.5, 0.6) is 11.5 Å². The second-order valence-corrected chi connectivity index (χ2v) is 9.45. The van der Waals surface area contributed by atoms with Crippen molar-refractivity contribution >= 4 is 22.7 Å². The summed E-state index contributed by atoms with van der Waals surface area (Å²) in [6.45, 7) is 2.55. The van der Waals surface area contributed by atoms with Gasteiger partial charge in [-0.3, -0.25) is 9.59 Å². The Hall–Kier alpha value is -3.48. The van der Waals surface area contributed by atoms with E-state index in [0.29, 0.717) is 30.3 Å². The summed E-state index contributed by atoms with van der Waals surface area (Å²) in [5, 5.41) is 4.04. The van der Waals surface area contributed by atoms with E-state index < -0.39 is 5.54 Å². The number of rotatable bonds is 6. The summed E-state index contributed by atoms with van der Waals surface area (Å²) in [7, 11) is 3.22. The van der Waals surface area contributed by atoms with E-state index in [-0.39, 0.29) is 17.9 Å². The smallest absolute Gasteiger partial charge is 0.271 e. The third-order valence-corrected chi connectivity index (χ3v) is 7.31. The van der Waals surface area contributed by atoms with E-state index in [1.54, 1.807) is 19.1 Å². The number of carbonyl (C=O) groups excluding carboxylic acids is 2. The van der Waals surface area contributed by atoms with Crippen LogP contribution in [-0.4, -0.2) is 47.1 Å². The van der Waals surface area contributed by atoms with Crippen LogP contribution in [0.3, 0.4) is 0 Å². The molecule has 1 atom stereocenters. The number of methoxy groups -OCH3 is 2. The maximum atomic E-state index is 14.0. The number of ether oxygens (including phenoxy) is 2. The van der Waals surface area contributed by atoms with Crippen LogP contribution in [0, 0.1) is 0 Å². The molecular formula is C27H31N3O4. The van der Waals surface area contributed by atoms with Crippen molar-refractivity contribution in [3.8, 4) is 11.5 Å². The van der Waals surface area contributed by atoms with Crippen LogP contribution < -0.4 is 14.8 Å². The van der Waals surface area contributed by atoms with Gasteiger partial charge < -0.3 is 24.3 Å². The van der Waals surface area contributed by atoms with E-state index in [9.17, 15) is 9.59 Å². The molecule has 2 aliphatic rings. The lowest BCUT2D eigenvalue weighted by Gasteiger charge is -2.44. The number of benzene rings is 2. The Balaban J connectivity index is 1.64. The fourth-order valence-electron chi connectivity index (χ4n) is 5.38. The van der Waals surface area contributed by atoms with Gasteiger partial charge in [0.1, 0.15) is 22.7 Å². The lowest BCUT2D eigenvalue weighted by atomic mass is 9.93. The maximum Gasteiger partial charge on any atom is 0.271 e. The van der Waals surface area contributed by atoms with Crippen molar-refractivity contribution in [3.05, 3.63) is 59.8 Å². The van der Waals surface area contributed by atoms with Gasteiger partial charge in [-0.1, -0.05) is 43.2 Å². The molecule has 1 fully saturated rings. The average molecular weight is 462 g/mol. The van der Waals surface area contributed by atoms with Gasteiger partial charge in [0.25, 0.3) is 5.91 Å². The third kappa shape index (κ3) is 3.59. The van der Waals surface area contributed by atoms with Crippen molar-refractivity contribution in [1.82, 2.24) is 14.8 Å². The topological polar surface area (TPSA) is 72.8 Å². The largest absolute Gasteiger partial charge is 0.496 e. The highest BCUT2D eigenvalue weighted by Gasteiger charge is 2.48. The molecule has 7 heteroatoms. The number of hydrogen-bond donors (Lipinski definition) is 1. The fourth-order valence-corrected chi connectivity index (χ4v) is 5.38. The molecule has 3 aromatic rings. The molecule has 2 amide bonds. The molecule has 1 aliphatic carbocycles. The van der Waals surface area contributed by atoms with E-state index in [1.807, 2.05) is 60.0 Å². The molecule has 1 saturated carbocycles. The van der Waals surface area contributed by atoms with E-state index >= 15 is 0 Å². The molecule has 7 nitrogen and oxygen atoms in total. The molecule has 0 radical (unpaired) electrons. The van der Waals surface area contributed by atoms with Gasteiger partial charge in [-0.25, -0.2) is 0 Å². The van der Waals surface area contributed by atoms with Gasteiger partial charge in [-0.05, 0) is 43.5 Å².